The highest BCUT2D eigenvalue weighted by atomic mass is 79.9. The Morgan fingerprint density at radius 2 is 2.31 bits per heavy atom. The Morgan fingerprint density at radius 3 is 3.08 bits per heavy atom. The summed E-state index contributed by atoms with van der Waals surface area (Å²) in [7, 11) is 1.61. The molecule has 0 aliphatic rings. The Hall–Kier alpha value is -1.16. The zero-order valence-electron chi connectivity index (χ0n) is 6.91. The minimum absolute atomic E-state index is 0.719. The van der Waals surface area contributed by atoms with Crippen LogP contribution in [0, 0.1) is 6.20 Å². The molecule has 1 heterocycles. The second-order valence-corrected chi connectivity index (χ2v) is 3.32. The van der Waals surface area contributed by atoms with Gasteiger partial charge in [0.25, 0.3) is 0 Å². The van der Waals surface area contributed by atoms with Crippen molar-refractivity contribution >= 4 is 26.8 Å². The van der Waals surface area contributed by atoms with Gasteiger partial charge in [0.15, 0.2) is 5.75 Å². The van der Waals surface area contributed by atoms with E-state index in [1.54, 1.807) is 7.11 Å². The lowest BCUT2D eigenvalue weighted by molar-refractivity contribution is 0.416. The molecule has 1 radical (unpaired) electrons. The van der Waals surface area contributed by atoms with Crippen LogP contribution in [-0.4, -0.2) is 17.1 Å². The van der Waals surface area contributed by atoms with E-state index in [-0.39, 0.29) is 0 Å². The summed E-state index contributed by atoms with van der Waals surface area (Å²) in [6.45, 7) is 0. The SMILES string of the molecule is COc1c(Br)ccc2[c]ncnc12. The molecule has 0 atom stereocenters. The van der Waals surface area contributed by atoms with Crippen LogP contribution in [-0.2, 0) is 0 Å². The van der Waals surface area contributed by atoms with Crippen LogP contribution in [0.2, 0.25) is 0 Å². The summed E-state index contributed by atoms with van der Waals surface area (Å²) >= 11 is 3.38. The molecule has 2 aromatic rings. The fourth-order valence-electron chi connectivity index (χ4n) is 1.14. The fourth-order valence-corrected chi connectivity index (χ4v) is 1.63. The molecule has 0 bridgehead atoms. The van der Waals surface area contributed by atoms with E-state index in [2.05, 4.69) is 32.1 Å². The molecule has 0 aliphatic heterocycles. The molecule has 13 heavy (non-hydrogen) atoms. The predicted molar refractivity (Wildman–Crippen MR) is 52.6 cm³/mol. The smallest absolute Gasteiger partial charge is 0.159 e. The molecule has 4 heteroatoms. The van der Waals surface area contributed by atoms with E-state index in [0.29, 0.717) is 0 Å². The van der Waals surface area contributed by atoms with Crippen LogP contribution in [0.15, 0.2) is 22.9 Å². The van der Waals surface area contributed by atoms with Crippen molar-refractivity contribution < 1.29 is 4.74 Å². The van der Waals surface area contributed by atoms with Crippen molar-refractivity contribution in [1.82, 2.24) is 9.97 Å². The zero-order valence-corrected chi connectivity index (χ0v) is 8.50. The number of hydrogen-bond acceptors (Lipinski definition) is 3. The van der Waals surface area contributed by atoms with E-state index in [1.807, 2.05) is 12.1 Å². The van der Waals surface area contributed by atoms with Crippen LogP contribution in [0.5, 0.6) is 5.75 Å². The molecular formula is C9H6BrN2O. The highest BCUT2D eigenvalue weighted by molar-refractivity contribution is 9.10. The van der Waals surface area contributed by atoms with Gasteiger partial charge in [0, 0.05) is 5.39 Å². The third kappa shape index (κ3) is 1.37. The molecule has 1 aromatic heterocycles. The minimum atomic E-state index is 0.719. The maximum atomic E-state index is 5.20. The van der Waals surface area contributed by atoms with Crippen LogP contribution in [0.3, 0.4) is 0 Å². The number of nitrogens with zero attached hydrogens (tertiary/aromatic N) is 2. The first kappa shape index (κ1) is 8.44. The van der Waals surface area contributed by atoms with Crippen molar-refractivity contribution in [2.24, 2.45) is 0 Å². The molecule has 0 fully saturated rings. The summed E-state index contributed by atoms with van der Waals surface area (Å²) in [5.74, 6) is 0.719. The summed E-state index contributed by atoms with van der Waals surface area (Å²) < 4.78 is 6.08. The Morgan fingerprint density at radius 1 is 1.46 bits per heavy atom. The van der Waals surface area contributed by atoms with Crippen LogP contribution in [0.1, 0.15) is 0 Å². The number of fused-ring (bicyclic) bond motifs is 1. The number of ether oxygens (including phenoxy) is 1. The second kappa shape index (κ2) is 3.30. The molecule has 0 spiro atoms. The summed E-state index contributed by atoms with van der Waals surface area (Å²) in [6.07, 6.45) is 4.30. The summed E-state index contributed by atoms with van der Waals surface area (Å²) in [4.78, 5) is 7.93. The molecule has 0 aliphatic carbocycles. The highest BCUT2D eigenvalue weighted by Gasteiger charge is 2.06. The monoisotopic (exact) mass is 237 g/mol. The van der Waals surface area contributed by atoms with Crippen molar-refractivity contribution in [1.29, 1.82) is 0 Å². The first-order chi connectivity index (χ1) is 6.33. The van der Waals surface area contributed by atoms with Crippen molar-refractivity contribution in [3.8, 4) is 5.75 Å². The molecule has 3 nitrogen and oxygen atoms in total. The molecule has 65 valence electrons. The fraction of sp³-hybridized carbons (Fsp3) is 0.111. The summed E-state index contributed by atoms with van der Waals surface area (Å²) in [5.41, 5.74) is 0.770. The van der Waals surface area contributed by atoms with Gasteiger partial charge in [-0.15, -0.1) is 0 Å². The van der Waals surface area contributed by atoms with E-state index >= 15 is 0 Å². The van der Waals surface area contributed by atoms with Crippen LogP contribution >= 0.6 is 15.9 Å². The second-order valence-electron chi connectivity index (χ2n) is 2.46. The molecule has 0 N–H and O–H groups in total. The van der Waals surface area contributed by atoms with Gasteiger partial charge in [0.2, 0.25) is 0 Å². The Bertz CT molecular complexity index is 445. The molecule has 0 amide bonds. The highest BCUT2D eigenvalue weighted by Crippen LogP contribution is 2.30. The van der Waals surface area contributed by atoms with E-state index in [0.717, 1.165) is 21.1 Å². The quantitative estimate of drug-likeness (QED) is 0.763. The molecule has 1 aromatic carbocycles. The molecule has 0 saturated heterocycles. The third-order valence-corrected chi connectivity index (χ3v) is 2.34. The van der Waals surface area contributed by atoms with Crippen LogP contribution in [0.4, 0.5) is 0 Å². The third-order valence-electron chi connectivity index (χ3n) is 1.72. The standard InChI is InChI=1S/C9H6BrN2O/c1-13-9-7(10)3-2-6-4-11-5-12-8(6)9/h2-3,5H,1H3. The van der Waals surface area contributed by atoms with Gasteiger partial charge in [0.1, 0.15) is 18.0 Å². The lowest BCUT2D eigenvalue weighted by Crippen LogP contribution is -1.89. The summed E-state index contributed by atoms with van der Waals surface area (Å²) in [6, 6.07) is 3.78. The number of hydrogen-bond donors (Lipinski definition) is 0. The van der Waals surface area contributed by atoms with Gasteiger partial charge in [-0.3, -0.25) is 0 Å². The maximum absolute atomic E-state index is 5.20. The molecule has 0 unspecified atom stereocenters. The first-order valence-corrected chi connectivity index (χ1v) is 4.47. The average Bonchev–Trinajstić information content (AvgIpc) is 2.18. The molecular weight excluding hydrogens is 232 g/mol. The Balaban J connectivity index is 2.84. The normalized spacial score (nSPS) is 10.3. The average molecular weight is 238 g/mol. The number of methoxy groups -OCH3 is 1. The van der Waals surface area contributed by atoms with Crippen molar-refractivity contribution in [3.05, 3.63) is 29.1 Å². The number of halogens is 1. The van der Waals surface area contributed by atoms with Gasteiger partial charge in [-0.1, -0.05) is 0 Å². The Kier molecular flexibility index (Phi) is 2.14. The van der Waals surface area contributed by atoms with E-state index in [4.69, 9.17) is 4.74 Å². The first-order valence-electron chi connectivity index (χ1n) is 3.68. The number of rotatable bonds is 1. The van der Waals surface area contributed by atoms with E-state index < -0.39 is 0 Å². The van der Waals surface area contributed by atoms with Crippen LogP contribution < -0.4 is 4.74 Å². The van der Waals surface area contributed by atoms with Crippen LogP contribution in [0.25, 0.3) is 10.9 Å². The largest absolute Gasteiger partial charge is 0.493 e. The maximum Gasteiger partial charge on any atom is 0.159 e. The van der Waals surface area contributed by atoms with Crippen molar-refractivity contribution in [2.75, 3.05) is 7.11 Å². The molecule has 2 rings (SSSR count). The van der Waals surface area contributed by atoms with E-state index in [1.165, 1.54) is 6.33 Å². The topological polar surface area (TPSA) is 35.0 Å². The van der Waals surface area contributed by atoms with Gasteiger partial charge in [-0.05, 0) is 28.1 Å². The predicted octanol–water partition coefficient (Wildman–Crippen LogP) is 2.20. The summed E-state index contributed by atoms with van der Waals surface area (Å²) in [5, 5.41) is 0.850. The molecule has 0 saturated carbocycles. The lowest BCUT2D eigenvalue weighted by Gasteiger charge is -2.04. The van der Waals surface area contributed by atoms with Crippen molar-refractivity contribution in [3.63, 3.8) is 0 Å². The number of benzene rings is 1. The Labute approximate surface area is 83.9 Å². The lowest BCUT2D eigenvalue weighted by atomic mass is 10.2. The van der Waals surface area contributed by atoms with E-state index in [9.17, 15) is 0 Å². The van der Waals surface area contributed by atoms with Gasteiger partial charge in [0.05, 0.1) is 11.6 Å². The van der Waals surface area contributed by atoms with Gasteiger partial charge in [-0.2, -0.15) is 0 Å². The minimum Gasteiger partial charge on any atom is -0.493 e. The zero-order chi connectivity index (χ0) is 9.26. The van der Waals surface area contributed by atoms with Gasteiger partial charge >= 0.3 is 0 Å². The van der Waals surface area contributed by atoms with Gasteiger partial charge < -0.3 is 4.74 Å². The van der Waals surface area contributed by atoms with Gasteiger partial charge in [-0.25, -0.2) is 9.97 Å². The number of aromatic nitrogens is 2. The van der Waals surface area contributed by atoms with Crippen molar-refractivity contribution in [2.45, 2.75) is 0 Å².